The Labute approximate surface area is 78.2 Å². The minimum absolute atomic E-state index is 0.0796. The maximum atomic E-state index is 13.2. The van der Waals surface area contributed by atoms with Crippen LogP contribution in [0.1, 0.15) is 0 Å². The summed E-state index contributed by atoms with van der Waals surface area (Å²) in [5.74, 6) is -0.253. The standard InChI is InChI=1S/C9H7FO2S/c1-12-8-4-5-7(11)3-2-6(10)9(5)13-8/h2-4,11H,1H3. The van der Waals surface area contributed by atoms with Gasteiger partial charge >= 0.3 is 0 Å². The molecular weight excluding hydrogens is 191 g/mol. The summed E-state index contributed by atoms with van der Waals surface area (Å²) in [4.78, 5) is 0. The molecule has 0 aliphatic rings. The molecule has 68 valence electrons. The summed E-state index contributed by atoms with van der Waals surface area (Å²) in [6.45, 7) is 0. The number of hydrogen-bond acceptors (Lipinski definition) is 3. The predicted molar refractivity (Wildman–Crippen MR) is 50.0 cm³/mol. The van der Waals surface area contributed by atoms with Gasteiger partial charge in [0.15, 0.2) is 5.06 Å². The molecule has 2 aromatic rings. The maximum Gasteiger partial charge on any atom is 0.174 e. The number of fused-ring (bicyclic) bond motifs is 1. The van der Waals surface area contributed by atoms with E-state index >= 15 is 0 Å². The van der Waals surface area contributed by atoms with Crippen molar-refractivity contribution >= 4 is 21.4 Å². The molecule has 0 aliphatic carbocycles. The highest BCUT2D eigenvalue weighted by Crippen LogP contribution is 2.37. The number of benzene rings is 1. The van der Waals surface area contributed by atoms with Gasteiger partial charge in [-0.1, -0.05) is 11.3 Å². The van der Waals surface area contributed by atoms with E-state index in [4.69, 9.17) is 4.74 Å². The van der Waals surface area contributed by atoms with Crippen molar-refractivity contribution in [3.63, 3.8) is 0 Å². The first-order valence-electron chi connectivity index (χ1n) is 3.67. The third kappa shape index (κ3) is 1.23. The highest BCUT2D eigenvalue weighted by atomic mass is 32.1. The van der Waals surface area contributed by atoms with Gasteiger partial charge in [0.1, 0.15) is 11.6 Å². The molecule has 0 unspecified atom stereocenters. The molecule has 0 amide bonds. The molecule has 0 spiro atoms. The molecule has 1 aromatic heterocycles. The number of methoxy groups -OCH3 is 1. The zero-order valence-corrected chi connectivity index (χ0v) is 7.69. The highest BCUT2D eigenvalue weighted by molar-refractivity contribution is 7.20. The fraction of sp³-hybridized carbons (Fsp3) is 0.111. The second-order valence-corrected chi connectivity index (χ2v) is 3.59. The quantitative estimate of drug-likeness (QED) is 0.763. The first-order chi connectivity index (χ1) is 6.22. The molecule has 0 bridgehead atoms. The van der Waals surface area contributed by atoms with E-state index in [1.165, 1.54) is 30.6 Å². The van der Waals surface area contributed by atoms with Crippen LogP contribution in [0.3, 0.4) is 0 Å². The molecule has 13 heavy (non-hydrogen) atoms. The molecule has 1 N–H and O–H groups in total. The number of rotatable bonds is 1. The van der Waals surface area contributed by atoms with Crippen LogP contribution in [0.5, 0.6) is 10.8 Å². The van der Waals surface area contributed by atoms with Crippen molar-refractivity contribution in [2.75, 3.05) is 7.11 Å². The van der Waals surface area contributed by atoms with E-state index in [0.29, 0.717) is 15.1 Å². The Morgan fingerprint density at radius 3 is 2.85 bits per heavy atom. The first-order valence-corrected chi connectivity index (χ1v) is 4.49. The van der Waals surface area contributed by atoms with Crippen molar-refractivity contribution in [2.24, 2.45) is 0 Å². The lowest BCUT2D eigenvalue weighted by Crippen LogP contribution is -1.73. The fourth-order valence-electron chi connectivity index (χ4n) is 1.15. The van der Waals surface area contributed by atoms with Crippen LogP contribution in [-0.4, -0.2) is 12.2 Å². The van der Waals surface area contributed by atoms with E-state index < -0.39 is 0 Å². The minimum atomic E-state index is -0.332. The number of hydrogen-bond donors (Lipinski definition) is 1. The van der Waals surface area contributed by atoms with Crippen LogP contribution < -0.4 is 4.74 Å². The number of aromatic hydroxyl groups is 1. The second-order valence-electron chi connectivity index (χ2n) is 2.58. The average Bonchev–Trinajstić information content (AvgIpc) is 2.56. The molecule has 0 fully saturated rings. The number of halogens is 1. The van der Waals surface area contributed by atoms with Crippen LogP contribution in [-0.2, 0) is 0 Å². The molecular formula is C9H7FO2S. The lowest BCUT2D eigenvalue weighted by molar-refractivity contribution is 0.427. The van der Waals surface area contributed by atoms with E-state index in [9.17, 15) is 9.50 Å². The minimum Gasteiger partial charge on any atom is -0.507 e. The van der Waals surface area contributed by atoms with Crippen molar-refractivity contribution in [2.45, 2.75) is 0 Å². The Morgan fingerprint density at radius 1 is 1.46 bits per heavy atom. The Bertz CT molecular complexity index is 411. The second kappa shape index (κ2) is 2.88. The normalized spacial score (nSPS) is 10.6. The van der Waals surface area contributed by atoms with Crippen molar-refractivity contribution in [3.8, 4) is 10.8 Å². The summed E-state index contributed by atoms with van der Waals surface area (Å²) in [7, 11) is 1.51. The zero-order valence-electron chi connectivity index (χ0n) is 6.87. The lowest BCUT2D eigenvalue weighted by atomic mass is 10.2. The number of phenols is 1. The maximum absolute atomic E-state index is 13.2. The summed E-state index contributed by atoms with van der Waals surface area (Å²) in [6, 6.07) is 4.20. The van der Waals surface area contributed by atoms with E-state index in [0.717, 1.165) is 0 Å². The number of ether oxygens (including phenoxy) is 1. The Balaban J connectivity index is 2.80. The van der Waals surface area contributed by atoms with Gasteiger partial charge in [0.05, 0.1) is 11.8 Å². The fourth-order valence-corrected chi connectivity index (χ4v) is 2.05. The van der Waals surface area contributed by atoms with Gasteiger partial charge in [0, 0.05) is 11.5 Å². The molecule has 0 atom stereocenters. The Hall–Kier alpha value is -1.29. The monoisotopic (exact) mass is 198 g/mol. The van der Waals surface area contributed by atoms with Crippen LogP contribution in [0.2, 0.25) is 0 Å². The van der Waals surface area contributed by atoms with Crippen molar-refractivity contribution in [3.05, 3.63) is 24.0 Å². The van der Waals surface area contributed by atoms with Gasteiger partial charge in [-0.25, -0.2) is 4.39 Å². The molecule has 2 nitrogen and oxygen atoms in total. The van der Waals surface area contributed by atoms with Crippen molar-refractivity contribution in [1.82, 2.24) is 0 Å². The summed E-state index contributed by atoms with van der Waals surface area (Å²) in [6.07, 6.45) is 0. The van der Waals surface area contributed by atoms with Crippen LogP contribution in [0.15, 0.2) is 18.2 Å². The number of thiophene rings is 1. The van der Waals surface area contributed by atoms with Crippen LogP contribution in [0.4, 0.5) is 4.39 Å². The summed E-state index contributed by atoms with van der Waals surface area (Å²) in [5.41, 5.74) is 0. The predicted octanol–water partition coefficient (Wildman–Crippen LogP) is 2.75. The molecule has 1 aromatic carbocycles. The third-order valence-electron chi connectivity index (χ3n) is 1.79. The SMILES string of the molecule is COc1cc2c(O)ccc(F)c2s1. The van der Waals surface area contributed by atoms with Crippen LogP contribution in [0.25, 0.3) is 10.1 Å². The highest BCUT2D eigenvalue weighted by Gasteiger charge is 2.09. The third-order valence-corrected chi connectivity index (χ3v) is 2.90. The zero-order chi connectivity index (χ0) is 9.42. The topological polar surface area (TPSA) is 29.5 Å². The first kappa shape index (κ1) is 8.31. The van der Waals surface area contributed by atoms with Gasteiger partial charge in [-0.2, -0.15) is 0 Å². The van der Waals surface area contributed by atoms with Crippen molar-refractivity contribution in [1.29, 1.82) is 0 Å². The van der Waals surface area contributed by atoms with Gasteiger partial charge in [-0.15, -0.1) is 0 Å². The van der Waals surface area contributed by atoms with Gasteiger partial charge < -0.3 is 9.84 Å². The van der Waals surface area contributed by atoms with E-state index in [1.54, 1.807) is 6.07 Å². The average molecular weight is 198 g/mol. The molecule has 1 heterocycles. The van der Waals surface area contributed by atoms with Gasteiger partial charge in [0.25, 0.3) is 0 Å². The smallest absolute Gasteiger partial charge is 0.174 e. The summed E-state index contributed by atoms with van der Waals surface area (Å²) in [5, 5.41) is 10.5. The molecule has 0 radical (unpaired) electrons. The van der Waals surface area contributed by atoms with E-state index in [2.05, 4.69) is 0 Å². The van der Waals surface area contributed by atoms with Crippen LogP contribution >= 0.6 is 11.3 Å². The Morgan fingerprint density at radius 2 is 2.23 bits per heavy atom. The number of phenolic OH excluding ortho intramolecular Hbond substituents is 1. The van der Waals surface area contributed by atoms with E-state index in [1.807, 2.05) is 0 Å². The summed E-state index contributed by atoms with van der Waals surface area (Å²) < 4.78 is 18.5. The van der Waals surface area contributed by atoms with Crippen LogP contribution in [0, 0.1) is 5.82 Å². The molecule has 4 heteroatoms. The molecule has 0 aliphatic heterocycles. The van der Waals surface area contributed by atoms with Gasteiger partial charge in [-0.05, 0) is 12.1 Å². The largest absolute Gasteiger partial charge is 0.507 e. The lowest BCUT2D eigenvalue weighted by Gasteiger charge is -1.93. The molecule has 2 rings (SSSR count). The van der Waals surface area contributed by atoms with Gasteiger partial charge in [0.2, 0.25) is 0 Å². The summed E-state index contributed by atoms with van der Waals surface area (Å²) >= 11 is 1.18. The molecule has 0 saturated heterocycles. The van der Waals surface area contributed by atoms with E-state index in [-0.39, 0.29) is 11.6 Å². The Kier molecular flexibility index (Phi) is 1.84. The van der Waals surface area contributed by atoms with Gasteiger partial charge in [-0.3, -0.25) is 0 Å². The molecule has 0 saturated carbocycles. The van der Waals surface area contributed by atoms with Crippen molar-refractivity contribution < 1.29 is 14.2 Å².